The van der Waals surface area contributed by atoms with Crippen molar-refractivity contribution in [2.45, 2.75) is 6.54 Å². The quantitative estimate of drug-likeness (QED) is 0.562. The second-order valence-corrected chi connectivity index (χ2v) is 2.62. The lowest BCUT2D eigenvalue weighted by Gasteiger charge is -1.99. The van der Waals surface area contributed by atoms with Crippen molar-refractivity contribution in [3.05, 3.63) is 28.8 Å². The van der Waals surface area contributed by atoms with Gasteiger partial charge in [-0.1, -0.05) is 17.7 Å². The fourth-order valence-electron chi connectivity index (χ4n) is 0.788. The van der Waals surface area contributed by atoms with Crippen LogP contribution in [0.3, 0.4) is 0 Å². The summed E-state index contributed by atoms with van der Waals surface area (Å²) in [5.74, 6) is 0.0431. The standard InChI is InChI=1S/C8H6ClNO2/c9-7-2-1-6(4-10-5-11)8(12)3-7/h1-3,12H,4H2. The molecule has 62 valence electrons. The maximum atomic E-state index is 9.76. The molecule has 12 heavy (non-hydrogen) atoms. The number of rotatable bonds is 2. The zero-order chi connectivity index (χ0) is 8.97. The first-order chi connectivity index (χ1) is 5.74. The van der Waals surface area contributed by atoms with Gasteiger partial charge in [0.15, 0.2) is 0 Å². The van der Waals surface area contributed by atoms with E-state index in [2.05, 4.69) is 4.99 Å². The van der Waals surface area contributed by atoms with E-state index in [-0.39, 0.29) is 12.3 Å². The normalized spacial score (nSPS) is 9.08. The highest BCUT2D eigenvalue weighted by Gasteiger charge is 1.99. The summed E-state index contributed by atoms with van der Waals surface area (Å²) in [6.45, 7) is 0.131. The smallest absolute Gasteiger partial charge is 0.235 e. The predicted octanol–water partition coefficient (Wildman–Crippen LogP) is 1.88. The average Bonchev–Trinajstić information content (AvgIpc) is 2.03. The highest BCUT2D eigenvalue weighted by molar-refractivity contribution is 6.30. The van der Waals surface area contributed by atoms with Crippen LogP contribution in [-0.4, -0.2) is 11.2 Å². The average molecular weight is 184 g/mol. The van der Waals surface area contributed by atoms with E-state index in [9.17, 15) is 9.90 Å². The van der Waals surface area contributed by atoms with E-state index in [1.807, 2.05) is 0 Å². The number of hydrogen-bond donors (Lipinski definition) is 1. The zero-order valence-electron chi connectivity index (χ0n) is 6.12. The van der Waals surface area contributed by atoms with Gasteiger partial charge in [-0.05, 0) is 12.1 Å². The lowest BCUT2D eigenvalue weighted by Crippen LogP contribution is -1.81. The van der Waals surface area contributed by atoms with Crippen molar-refractivity contribution in [2.24, 2.45) is 4.99 Å². The predicted molar refractivity (Wildman–Crippen MR) is 44.9 cm³/mol. The number of phenols is 1. The van der Waals surface area contributed by atoms with Crippen LogP contribution >= 0.6 is 11.6 Å². The number of benzene rings is 1. The lowest BCUT2D eigenvalue weighted by atomic mass is 10.2. The molecule has 3 nitrogen and oxygen atoms in total. The van der Waals surface area contributed by atoms with Crippen LogP contribution in [0.5, 0.6) is 5.75 Å². The number of halogens is 1. The Morgan fingerprint density at radius 1 is 1.58 bits per heavy atom. The molecule has 0 saturated heterocycles. The van der Waals surface area contributed by atoms with Gasteiger partial charge in [0.05, 0.1) is 6.54 Å². The van der Waals surface area contributed by atoms with Gasteiger partial charge >= 0.3 is 0 Å². The van der Waals surface area contributed by atoms with E-state index < -0.39 is 0 Å². The summed E-state index contributed by atoms with van der Waals surface area (Å²) >= 11 is 5.58. The zero-order valence-corrected chi connectivity index (χ0v) is 6.88. The number of aliphatic imine (C=N–C) groups is 1. The third-order valence-corrected chi connectivity index (χ3v) is 1.60. The monoisotopic (exact) mass is 183 g/mol. The Morgan fingerprint density at radius 3 is 2.92 bits per heavy atom. The molecule has 0 atom stereocenters. The highest BCUT2D eigenvalue weighted by Crippen LogP contribution is 2.22. The molecule has 0 aliphatic carbocycles. The van der Waals surface area contributed by atoms with Gasteiger partial charge in [0, 0.05) is 10.6 Å². The largest absolute Gasteiger partial charge is 0.508 e. The van der Waals surface area contributed by atoms with Gasteiger partial charge in [-0.25, -0.2) is 9.79 Å². The molecule has 0 unspecified atom stereocenters. The van der Waals surface area contributed by atoms with Gasteiger partial charge in [0.25, 0.3) is 0 Å². The summed E-state index contributed by atoms with van der Waals surface area (Å²) in [6.07, 6.45) is 1.39. The Kier molecular flexibility index (Phi) is 2.86. The van der Waals surface area contributed by atoms with Crippen molar-refractivity contribution in [1.29, 1.82) is 0 Å². The van der Waals surface area contributed by atoms with Gasteiger partial charge in [-0.15, -0.1) is 0 Å². The number of hydrogen-bond acceptors (Lipinski definition) is 3. The summed E-state index contributed by atoms with van der Waals surface area (Å²) in [5.41, 5.74) is 0.558. The Labute approximate surface area is 74.3 Å². The first-order valence-electron chi connectivity index (χ1n) is 3.25. The minimum Gasteiger partial charge on any atom is -0.508 e. The maximum absolute atomic E-state index is 9.76. The van der Waals surface area contributed by atoms with Gasteiger partial charge in [0.2, 0.25) is 6.08 Å². The maximum Gasteiger partial charge on any atom is 0.235 e. The molecular weight excluding hydrogens is 178 g/mol. The van der Waals surface area contributed by atoms with Crippen molar-refractivity contribution in [2.75, 3.05) is 0 Å². The number of aromatic hydroxyl groups is 1. The number of phenolic OH excluding ortho intramolecular Hbond substituents is 1. The van der Waals surface area contributed by atoms with Gasteiger partial charge in [-0.3, -0.25) is 0 Å². The first-order valence-corrected chi connectivity index (χ1v) is 3.63. The van der Waals surface area contributed by atoms with Crippen LogP contribution in [0.1, 0.15) is 5.56 Å². The molecule has 0 saturated carbocycles. The van der Waals surface area contributed by atoms with Crippen LogP contribution in [-0.2, 0) is 11.3 Å². The van der Waals surface area contributed by atoms with Crippen LogP contribution in [0, 0.1) is 0 Å². The van der Waals surface area contributed by atoms with E-state index in [0.29, 0.717) is 10.6 Å². The molecule has 0 heterocycles. The van der Waals surface area contributed by atoms with Crippen LogP contribution < -0.4 is 0 Å². The fraction of sp³-hybridized carbons (Fsp3) is 0.125. The molecule has 1 rings (SSSR count). The molecule has 0 aliphatic heterocycles. The Balaban J connectivity index is 2.93. The van der Waals surface area contributed by atoms with E-state index in [4.69, 9.17) is 11.6 Å². The third kappa shape index (κ3) is 2.09. The van der Waals surface area contributed by atoms with E-state index in [1.165, 1.54) is 12.1 Å². The third-order valence-electron chi connectivity index (χ3n) is 1.36. The Bertz CT molecular complexity index is 332. The van der Waals surface area contributed by atoms with Crippen molar-refractivity contribution in [3.8, 4) is 5.75 Å². The van der Waals surface area contributed by atoms with Crippen LogP contribution in [0.15, 0.2) is 23.2 Å². The highest BCUT2D eigenvalue weighted by atomic mass is 35.5. The SMILES string of the molecule is O=C=NCc1ccc(Cl)cc1O. The summed E-state index contributed by atoms with van der Waals surface area (Å²) in [6, 6.07) is 4.63. The van der Waals surface area contributed by atoms with E-state index in [0.717, 1.165) is 0 Å². The Morgan fingerprint density at radius 2 is 2.33 bits per heavy atom. The molecular formula is C8H6ClNO2. The minimum absolute atomic E-state index is 0.0431. The number of carbonyl (C=O) groups excluding carboxylic acids is 1. The van der Waals surface area contributed by atoms with Crippen molar-refractivity contribution >= 4 is 17.7 Å². The van der Waals surface area contributed by atoms with Crippen LogP contribution in [0.2, 0.25) is 5.02 Å². The van der Waals surface area contributed by atoms with Gasteiger partial charge < -0.3 is 5.11 Å². The van der Waals surface area contributed by atoms with Crippen molar-refractivity contribution in [1.82, 2.24) is 0 Å². The molecule has 0 bridgehead atoms. The molecule has 0 aromatic heterocycles. The second kappa shape index (κ2) is 3.90. The molecule has 0 amide bonds. The van der Waals surface area contributed by atoms with E-state index >= 15 is 0 Å². The number of isocyanates is 1. The van der Waals surface area contributed by atoms with Crippen LogP contribution in [0.25, 0.3) is 0 Å². The van der Waals surface area contributed by atoms with Crippen molar-refractivity contribution in [3.63, 3.8) is 0 Å². The molecule has 0 fully saturated rings. The molecule has 0 spiro atoms. The molecule has 1 aromatic rings. The molecule has 0 radical (unpaired) electrons. The summed E-state index contributed by atoms with van der Waals surface area (Å²) in [5, 5.41) is 9.69. The summed E-state index contributed by atoms with van der Waals surface area (Å²) < 4.78 is 0. The first kappa shape index (κ1) is 8.78. The van der Waals surface area contributed by atoms with Crippen molar-refractivity contribution < 1.29 is 9.90 Å². The number of nitrogens with zero attached hydrogens (tertiary/aromatic N) is 1. The van der Waals surface area contributed by atoms with Gasteiger partial charge in [-0.2, -0.15) is 0 Å². The van der Waals surface area contributed by atoms with Crippen LogP contribution in [0.4, 0.5) is 0 Å². The summed E-state index contributed by atoms with van der Waals surface area (Å²) in [4.78, 5) is 13.1. The Hall–Kier alpha value is -1.31. The molecule has 1 N–H and O–H groups in total. The lowest BCUT2D eigenvalue weighted by molar-refractivity contribution is 0.468. The minimum atomic E-state index is 0.0431. The fourth-order valence-corrected chi connectivity index (χ4v) is 0.954. The topological polar surface area (TPSA) is 49.7 Å². The second-order valence-electron chi connectivity index (χ2n) is 2.18. The molecule has 4 heteroatoms. The van der Waals surface area contributed by atoms with E-state index in [1.54, 1.807) is 12.1 Å². The molecule has 0 aliphatic rings. The summed E-state index contributed by atoms with van der Waals surface area (Å²) in [7, 11) is 0. The van der Waals surface area contributed by atoms with Gasteiger partial charge in [0.1, 0.15) is 5.75 Å². The molecule has 1 aromatic carbocycles.